The van der Waals surface area contributed by atoms with Crippen molar-refractivity contribution in [2.45, 2.75) is 10.6 Å². The van der Waals surface area contributed by atoms with Gasteiger partial charge in [-0.05, 0) is 42.0 Å². The van der Waals surface area contributed by atoms with E-state index in [0.717, 1.165) is 24.3 Å². The Labute approximate surface area is 113 Å². The van der Waals surface area contributed by atoms with Crippen molar-refractivity contribution < 1.29 is 21.6 Å². The Bertz CT molecular complexity index is 740. The van der Waals surface area contributed by atoms with Gasteiger partial charge in [0.2, 0.25) is 0 Å². The van der Waals surface area contributed by atoms with Crippen LogP contribution in [-0.4, -0.2) is 8.42 Å². The van der Waals surface area contributed by atoms with E-state index in [2.05, 4.69) is 0 Å². The van der Waals surface area contributed by atoms with E-state index in [1.165, 1.54) is 6.07 Å². The van der Waals surface area contributed by atoms with Crippen molar-refractivity contribution in [1.29, 1.82) is 0 Å². The van der Waals surface area contributed by atoms with Crippen LogP contribution < -0.4 is 5.73 Å². The number of halogens is 3. The Hall–Kier alpha value is -2.02. The third kappa shape index (κ3) is 3.11. The molecule has 0 spiro atoms. The summed E-state index contributed by atoms with van der Waals surface area (Å²) in [6, 6.07) is 5.65. The second-order valence-corrected chi connectivity index (χ2v) is 6.22. The Balaban J connectivity index is 2.37. The van der Waals surface area contributed by atoms with E-state index in [4.69, 9.17) is 5.73 Å². The summed E-state index contributed by atoms with van der Waals surface area (Å²) in [7, 11) is -3.91. The van der Waals surface area contributed by atoms with Crippen LogP contribution in [0.1, 0.15) is 5.56 Å². The topological polar surface area (TPSA) is 60.2 Å². The molecular weight excluding hydrogens is 291 g/mol. The monoisotopic (exact) mass is 301 g/mol. The van der Waals surface area contributed by atoms with Gasteiger partial charge in [-0.15, -0.1) is 0 Å². The minimum atomic E-state index is -3.91. The summed E-state index contributed by atoms with van der Waals surface area (Å²) in [5, 5.41) is 0. The van der Waals surface area contributed by atoms with Crippen molar-refractivity contribution in [1.82, 2.24) is 0 Å². The lowest BCUT2D eigenvalue weighted by atomic mass is 10.2. The second kappa shape index (κ2) is 5.16. The summed E-state index contributed by atoms with van der Waals surface area (Å²) in [6.07, 6.45) is 0. The standard InChI is InChI=1S/C13H10F3NO2S/c14-9-3-8(4-10(17)5-9)7-20(18,19)11-1-2-12(15)13(16)6-11/h1-6H,7,17H2. The fraction of sp³-hybridized carbons (Fsp3) is 0.0769. The van der Waals surface area contributed by atoms with E-state index in [1.54, 1.807) is 0 Å². The summed E-state index contributed by atoms with van der Waals surface area (Å²) in [4.78, 5) is -0.376. The highest BCUT2D eigenvalue weighted by atomic mass is 32.2. The van der Waals surface area contributed by atoms with E-state index in [9.17, 15) is 21.6 Å². The number of anilines is 1. The molecule has 0 aliphatic heterocycles. The SMILES string of the molecule is Nc1cc(F)cc(CS(=O)(=O)c2ccc(F)c(F)c2)c1. The van der Waals surface area contributed by atoms with Crippen LogP contribution in [-0.2, 0) is 15.6 Å². The van der Waals surface area contributed by atoms with Crippen LogP contribution >= 0.6 is 0 Å². The van der Waals surface area contributed by atoms with Crippen LogP contribution in [0.3, 0.4) is 0 Å². The number of nitrogens with two attached hydrogens (primary N) is 1. The molecule has 3 nitrogen and oxygen atoms in total. The van der Waals surface area contributed by atoms with Crippen molar-refractivity contribution in [2.24, 2.45) is 0 Å². The zero-order valence-electron chi connectivity index (χ0n) is 10.1. The molecule has 7 heteroatoms. The van der Waals surface area contributed by atoms with Crippen molar-refractivity contribution in [2.75, 3.05) is 5.73 Å². The molecule has 20 heavy (non-hydrogen) atoms. The first-order chi connectivity index (χ1) is 9.28. The quantitative estimate of drug-likeness (QED) is 0.700. The van der Waals surface area contributed by atoms with Crippen LogP contribution in [0.2, 0.25) is 0 Å². The number of sulfone groups is 1. The Morgan fingerprint density at radius 2 is 1.65 bits per heavy atom. The maximum Gasteiger partial charge on any atom is 0.182 e. The number of nitrogen functional groups attached to an aromatic ring is 1. The molecule has 2 rings (SSSR count). The lowest BCUT2D eigenvalue weighted by Gasteiger charge is -2.06. The molecule has 2 N–H and O–H groups in total. The molecule has 0 aliphatic carbocycles. The minimum Gasteiger partial charge on any atom is -0.399 e. The molecule has 0 heterocycles. The highest BCUT2D eigenvalue weighted by molar-refractivity contribution is 7.90. The van der Waals surface area contributed by atoms with E-state index in [-0.39, 0.29) is 16.1 Å². The largest absolute Gasteiger partial charge is 0.399 e. The van der Waals surface area contributed by atoms with Gasteiger partial charge in [0, 0.05) is 5.69 Å². The van der Waals surface area contributed by atoms with Gasteiger partial charge < -0.3 is 5.73 Å². The number of hydrogen-bond donors (Lipinski definition) is 1. The smallest absolute Gasteiger partial charge is 0.182 e. The maximum absolute atomic E-state index is 13.1. The van der Waals surface area contributed by atoms with Crippen LogP contribution in [0.4, 0.5) is 18.9 Å². The second-order valence-electron chi connectivity index (χ2n) is 4.23. The molecule has 0 aromatic heterocycles. The molecule has 0 aliphatic rings. The predicted molar refractivity (Wildman–Crippen MR) is 68.1 cm³/mol. The Kier molecular flexibility index (Phi) is 3.71. The van der Waals surface area contributed by atoms with E-state index in [0.29, 0.717) is 6.07 Å². The van der Waals surface area contributed by atoms with Gasteiger partial charge >= 0.3 is 0 Å². The number of rotatable bonds is 3. The predicted octanol–water partition coefficient (Wildman–Crippen LogP) is 2.66. The molecule has 0 saturated heterocycles. The minimum absolute atomic E-state index is 0.0838. The van der Waals surface area contributed by atoms with E-state index in [1.807, 2.05) is 0 Å². The Morgan fingerprint density at radius 1 is 0.950 bits per heavy atom. The van der Waals surface area contributed by atoms with Gasteiger partial charge in [0.25, 0.3) is 0 Å². The third-order valence-electron chi connectivity index (χ3n) is 2.59. The molecule has 0 fully saturated rings. The van der Waals surface area contributed by atoms with Gasteiger partial charge in [0.1, 0.15) is 5.82 Å². The molecule has 106 valence electrons. The van der Waals surface area contributed by atoms with Crippen molar-refractivity contribution in [3.63, 3.8) is 0 Å². The molecular formula is C13H10F3NO2S. The molecule has 0 amide bonds. The van der Waals surface area contributed by atoms with Gasteiger partial charge in [-0.1, -0.05) is 0 Å². The van der Waals surface area contributed by atoms with Gasteiger partial charge in [-0.25, -0.2) is 21.6 Å². The van der Waals surface area contributed by atoms with Crippen molar-refractivity contribution in [3.05, 3.63) is 59.4 Å². The average molecular weight is 301 g/mol. The van der Waals surface area contributed by atoms with E-state index < -0.39 is 33.0 Å². The molecule has 2 aromatic carbocycles. The van der Waals surface area contributed by atoms with Gasteiger partial charge in [-0.2, -0.15) is 0 Å². The fourth-order valence-corrected chi connectivity index (χ4v) is 3.06. The fourth-order valence-electron chi connectivity index (χ4n) is 1.73. The normalized spacial score (nSPS) is 11.6. The van der Waals surface area contributed by atoms with E-state index >= 15 is 0 Å². The van der Waals surface area contributed by atoms with Gasteiger partial charge in [0.05, 0.1) is 10.6 Å². The Morgan fingerprint density at radius 3 is 2.25 bits per heavy atom. The third-order valence-corrected chi connectivity index (χ3v) is 4.27. The van der Waals surface area contributed by atoms with Crippen LogP contribution in [0.15, 0.2) is 41.3 Å². The first kappa shape index (κ1) is 14.4. The van der Waals surface area contributed by atoms with Crippen LogP contribution in [0.25, 0.3) is 0 Å². The van der Waals surface area contributed by atoms with Gasteiger partial charge in [0.15, 0.2) is 21.5 Å². The van der Waals surface area contributed by atoms with Crippen molar-refractivity contribution in [3.8, 4) is 0 Å². The molecule has 0 unspecified atom stereocenters. The lowest BCUT2D eigenvalue weighted by molar-refractivity contribution is 0.504. The molecule has 0 bridgehead atoms. The van der Waals surface area contributed by atoms with Gasteiger partial charge in [-0.3, -0.25) is 0 Å². The maximum atomic E-state index is 13.1. The summed E-state index contributed by atoms with van der Waals surface area (Å²) >= 11 is 0. The average Bonchev–Trinajstić information content (AvgIpc) is 2.30. The molecule has 0 saturated carbocycles. The van der Waals surface area contributed by atoms with Crippen LogP contribution in [0.5, 0.6) is 0 Å². The zero-order valence-corrected chi connectivity index (χ0v) is 10.9. The highest BCUT2D eigenvalue weighted by Gasteiger charge is 2.18. The lowest BCUT2D eigenvalue weighted by Crippen LogP contribution is -2.06. The number of hydrogen-bond acceptors (Lipinski definition) is 3. The van der Waals surface area contributed by atoms with Crippen LogP contribution in [0, 0.1) is 17.5 Å². The zero-order chi connectivity index (χ0) is 14.9. The molecule has 0 radical (unpaired) electrons. The number of benzene rings is 2. The molecule has 2 aromatic rings. The summed E-state index contributed by atoms with van der Waals surface area (Å²) in [5.41, 5.74) is 5.63. The molecule has 0 atom stereocenters. The summed E-state index contributed by atoms with van der Waals surface area (Å²) in [5.74, 6) is -3.62. The first-order valence-corrected chi connectivity index (χ1v) is 7.16. The van der Waals surface area contributed by atoms with Crippen molar-refractivity contribution >= 4 is 15.5 Å². The highest BCUT2D eigenvalue weighted by Crippen LogP contribution is 2.20. The first-order valence-electron chi connectivity index (χ1n) is 5.51. The summed E-state index contributed by atoms with van der Waals surface area (Å²) in [6.45, 7) is 0. The summed E-state index contributed by atoms with van der Waals surface area (Å²) < 4.78 is 63.0.